The quantitative estimate of drug-likeness (QED) is 0.399. The van der Waals surface area contributed by atoms with E-state index in [1.54, 1.807) is 0 Å². The molecule has 0 spiro atoms. The van der Waals surface area contributed by atoms with Gasteiger partial charge in [-0.15, -0.1) is 0 Å². The molecule has 5 heteroatoms. The Bertz CT molecular complexity index is 143. The molecule has 104 valence electrons. The summed E-state index contributed by atoms with van der Waals surface area (Å²) in [5, 5.41) is 0. The van der Waals surface area contributed by atoms with Crippen molar-refractivity contribution >= 4 is 23.4 Å². The molecule has 0 aliphatic carbocycles. The predicted molar refractivity (Wildman–Crippen MR) is 74.2 cm³/mol. The van der Waals surface area contributed by atoms with E-state index in [9.17, 15) is 0 Å². The molecule has 0 fully saturated rings. The Balaban J connectivity index is 3.95. The van der Waals surface area contributed by atoms with Crippen LogP contribution in [0.5, 0.6) is 0 Å². The average Bonchev–Trinajstić information content (AvgIpc) is 2.30. The zero-order chi connectivity index (χ0) is 13.0. The van der Waals surface area contributed by atoms with Crippen LogP contribution in [0.1, 0.15) is 59.3 Å². The van der Waals surface area contributed by atoms with Crippen LogP contribution in [0.2, 0.25) is 0 Å². The van der Waals surface area contributed by atoms with Crippen molar-refractivity contribution in [2.24, 2.45) is 0 Å². The van der Waals surface area contributed by atoms with Crippen molar-refractivity contribution < 1.29 is 11.3 Å². The van der Waals surface area contributed by atoms with E-state index in [4.69, 9.17) is 21.3 Å². The second-order valence-corrected chi connectivity index (χ2v) is 10.3. The van der Waals surface area contributed by atoms with E-state index in [1.165, 1.54) is 0 Å². The fourth-order valence-corrected chi connectivity index (χ4v) is 5.31. The fourth-order valence-electron chi connectivity index (χ4n) is 1.14. The van der Waals surface area contributed by atoms with Gasteiger partial charge in [0.2, 0.25) is 0 Å². The zero-order valence-corrected chi connectivity index (χ0v) is 14.3. The first-order valence-corrected chi connectivity index (χ1v) is 12.1. The van der Waals surface area contributed by atoms with Crippen LogP contribution in [0, 0.1) is 0 Å². The molecule has 0 rings (SSSR count). The van der Waals surface area contributed by atoms with Crippen LogP contribution >= 0.6 is 10.0 Å². The zero-order valence-electron chi connectivity index (χ0n) is 11.5. The molecule has 0 amide bonds. The number of hydrogen-bond acceptors (Lipinski definition) is 3. The van der Waals surface area contributed by atoms with E-state index in [-0.39, 0.29) is 0 Å². The SMILES string of the molecule is CCCC[O][Ge]([Cl])([O]CCCC)[O]CCCC. The predicted octanol–water partition coefficient (Wildman–Crippen LogP) is 4.11. The molecule has 0 atom stereocenters. The Morgan fingerprint density at radius 1 is 0.706 bits per heavy atom. The van der Waals surface area contributed by atoms with Crippen molar-refractivity contribution in [2.75, 3.05) is 19.8 Å². The van der Waals surface area contributed by atoms with Crippen molar-refractivity contribution in [1.82, 2.24) is 0 Å². The maximum absolute atomic E-state index is 6.37. The Labute approximate surface area is 114 Å². The van der Waals surface area contributed by atoms with Gasteiger partial charge in [-0.1, -0.05) is 0 Å². The Morgan fingerprint density at radius 2 is 1.00 bits per heavy atom. The van der Waals surface area contributed by atoms with E-state index in [0.717, 1.165) is 38.5 Å². The van der Waals surface area contributed by atoms with Crippen molar-refractivity contribution in [2.45, 2.75) is 59.3 Å². The monoisotopic (exact) mass is 328 g/mol. The van der Waals surface area contributed by atoms with E-state index in [1.807, 2.05) is 0 Å². The molecular formula is C12H27ClGeO3. The second kappa shape index (κ2) is 11.8. The summed E-state index contributed by atoms with van der Waals surface area (Å²) in [5.41, 5.74) is 0. The Kier molecular flexibility index (Phi) is 12.3. The first-order valence-electron chi connectivity index (χ1n) is 6.79. The minimum absolute atomic E-state index is 0.651. The third kappa shape index (κ3) is 10.3. The molecule has 0 bridgehead atoms. The van der Waals surface area contributed by atoms with Gasteiger partial charge in [0.1, 0.15) is 0 Å². The molecule has 0 N–H and O–H groups in total. The van der Waals surface area contributed by atoms with Gasteiger partial charge >= 0.3 is 114 Å². The molecule has 0 aromatic rings. The fraction of sp³-hybridized carbons (Fsp3) is 1.00. The van der Waals surface area contributed by atoms with Crippen LogP contribution in [0.4, 0.5) is 0 Å². The van der Waals surface area contributed by atoms with Crippen LogP contribution in [-0.2, 0) is 11.3 Å². The molecular weight excluding hydrogens is 300 g/mol. The molecule has 0 aliphatic heterocycles. The van der Waals surface area contributed by atoms with Gasteiger partial charge in [0.15, 0.2) is 0 Å². The summed E-state index contributed by atoms with van der Waals surface area (Å²) in [6.45, 7) is 8.33. The summed E-state index contributed by atoms with van der Waals surface area (Å²) in [6, 6.07) is 0. The summed E-state index contributed by atoms with van der Waals surface area (Å²) < 4.78 is 17.0. The van der Waals surface area contributed by atoms with Crippen LogP contribution in [0.15, 0.2) is 0 Å². The molecule has 0 saturated heterocycles. The molecule has 17 heavy (non-hydrogen) atoms. The van der Waals surface area contributed by atoms with Gasteiger partial charge in [-0.25, -0.2) is 0 Å². The summed E-state index contributed by atoms with van der Waals surface area (Å²) in [4.78, 5) is 0. The minimum atomic E-state index is -3.42. The second-order valence-electron chi connectivity index (χ2n) is 4.09. The van der Waals surface area contributed by atoms with Gasteiger partial charge in [0.25, 0.3) is 0 Å². The third-order valence-corrected chi connectivity index (χ3v) is 7.47. The average molecular weight is 327 g/mol. The Morgan fingerprint density at radius 3 is 1.24 bits per heavy atom. The first kappa shape index (κ1) is 17.7. The Hall–Kier alpha value is 0.713. The van der Waals surface area contributed by atoms with Gasteiger partial charge in [0, 0.05) is 0 Å². The van der Waals surface area contributed by atoms with Gasteiger partial charge < -0.3 is 0 Å². The maximum atomic E-state index is 6.37. The standard InChI is InChI=1S/C12H27ClGeO3/c1-4-7-10-15-14(13,16-11-8-5-2)17-12-9-6-3/h4-12H2,1-3H3. The van der Waals surface area contributed by atoms with Crippen LogP contribution in [-0.4, -0.2) is 33.2 Å². The topological polar surface area (TPSA) is 27.7 Å². The summed E-state index contributed by atoms with van der Waals surface area (Å²) >= 11 is -3.42. The van der Waals surface area contributed by atoms with Crippen molar-refractivity contribution in [1.29, 1.82) is 0 Å². The number of halogens is 1. The molecule has 0 aromatic carbocycles. The third-order valence-electron chi connectivity index (χ3n) is 2.32. The number of hydrogen-bond donors (Lipinski definition) is 0. The summed E-state index contributed by atoms with van der Waals surface area (Å²) in [6.07, 6.45) is 6.31. The molecule has 0 radical (unpaired) electrons. The molecule has 0 unspecified atom stereocenters. The van der Waals surface area contributed by atoms with Crippen molar-refractivity contribution in [3.8, 4) is 0 Å². The van der Waals surface area contributed by atoms with Crippen molar-refractivity contribution in [3.05, 3.63) is 0 Å². The number of unbranched alkanes of at least 4 members (excludes halogenated alkanes) is 3. The van der Waals surface area contributed by atoms with Crippen LogP contribution in [0.3, 0.4) is 0 Å². The van der Waals surface area contributed by atoms with E-state index in [0.29, 0.717) is 19.8 Å². The molecule has 0 saturated carbocycles. The summed E-state index contributed by atoms with van der Waals surface area (Å²) in [5.74, 6) is 0. The van der Waals surface area contributed by atoms with Crippen LogP contribution in [0.25, 0.3) is 0 Å². The van der Waals surface area contributed by atoms with Gasteiger partial charge in [-0.3, -0.25) is 0 Å². The molecule has 0 aromatic heterocycles. The molecule has 0 heterocycles. The molecule has 3 nitrogen and oxygen atoms in total. The van der Waals surface area contributed by atoms with Gasteiger partial charge in [-0.2, -0.15) is 0 Å². The van der Waals surface area contributed by atoms with Crippen LogP contribution < -0.4 is 0 Å². The first-order chi connectivity index (χ1) is 8.18. The van der Waals surface area contributed by atoms with Gasteiger partial charge in [0.05, 0.1) is 0 Å². The van der Waals surface area contributed by atoms with E-state index in [2.05, 4.69) is 20.8 Å². The van der Waals surface area contributed by atoms with E-state index < -0.39 is 13.3 Å². The normalized spacial score (nSPS) is 12.0. The summed E-state index contributed by atoms with van der Waals surface area (Å²) in [7, 11) is 6.37. The number of rotatable bonds is 12. The molecule has 0 aliphatic rings. The van der Waals surface area contributed by atoms with Gasteiger partial charge in [-0.05, 0) is 0 Å². The van der Waals surface area contributed by atoms with Crippen molar-refractivity contribution in [3.63, 3.8) is 0 Å². The van der Waals surface area contributed by atoms with E-state index >= 15 is 0 Å².